The molecule has 0 unspecified atom stereocenters. The number of halogens is 3. The summed E-state index contributed by atoms with van der Waals surface area (Å²) in [5.74, 6) is -8.24. The number of aliphatic hydroxyl groups excluding tert-OH is 2. The third-order valence-electron chi connectivity index (χ3n) is 8.42. The molecule has 228 valence electrons. The molecule has 0 spiro atoms. The van der Waals surface area contributed by atoms with Crippen molar-refractivity contribution in [1.82, 2.24) is 9.80 Å². The number of carbonyl (C=O) groups is 3. The van der Waals surface area contributed by atoms with Gasteiger partial charge in [-0.3, -0.25) is 24.2 Å². The number of aliphatic hydroxyl groups is 3. The van der Waals surface area contributed by atoms with E-state index in [9.17, 15) is 34.8 Å². The summed E-state index contributed by atoms with van der Waals surface area (Å²) < 4.78 is 16.0. The average molecular weight is 619 g/mol. The van der Waals surface area contributed by atoms with Gasteiger partial charge in [0.25, 0.3) is 5.91 Å². The standard InChI is InChI=1S/C28H36FN3O7.2ClH/c1-7-32(27(2,3)4)11-13-10-16(33)18-14(20(13)29)8-12-9-15-21(31(5)6)23(35)19(26(30)38)25(37)28(15,39)24(36)17(12)22(18)34;;/h10,12,15,21,33-34,37,39H,7-9,11H2,1-6H3,(H2,30,38);2*1H/t12-,15-,21-,28-;;/m0../s1. The van der Waals surface area contributed by atoms with Crippen LogP contribution in [0.5, 0.6) is 5.75 Å². The summed E-state index contributed by atoms with van der Waals surface area (Å²) in [6.07, 6.45) is -0.192. The van der Waals surface area contributed by atoms with Crippen LogP contribution in [0.1, 0.15) is 50.8 Å². The van der Waals surface area contributed by atoms with Gasteiger partial charge in [-0.2, -0.15) is 0 Å². The van der Waals surface area contributed by atoms with E-state index in [0.29, 0.717) is 6.54 Å². The first-order chi connectivity index (χ1) is 18.0. The van der Waals surface area contributed by atoms with Gasteiger partial charge in [0.2, 0.25) is 5.78 Å². The Morgan fingerprint density at radius 2 is 1.76 bits per heavy atom. The fourth-order valence-electron chi connectivity index (χ4n) is 6.49. The molecule has 0 radical (unpaired) electrons. The van der Waals surface area contributed by atoms with Crippen molar-refractivity contribution in [1.29, 1.82) is 0 Å². The van der Waals surface area contributed by atoms with Crippen LogP contribution in [-0.2, 0) is 27.3 Å². The molecular weight excluding hydrogens is 580 g/mol. The Kier molecular flexibility index (Phi) is 9.70. The molecule has 13 heteroatoms. The van der Waals surface area contributed by atoms with Gasteiger partial charge in [0.05, 0.1) is 11.6 Å². The zero-order valence-electron chi connectivity index (χ0n) is 23.8. The molecule has 1 aromatic carbocycles. The highest BCUT2D eigenvalue weighted by Gasteiger charge is 2.64. The van der Waals surface area contributed by atoms with Gasteiger partial charge in [-0.1, -0.05) is 6.92 Å². The normalized spacial score (nSPS) is 25.9. The molecule has 4 rings (SSSR count). The van der Waals surface area contributed by atoms with Gasteiger partial charge in [0.1, 0.15) is 28.7 Å². The smallest absolute Gasteiger partial charge is 0.255 e. The van der Waals surface area contributed by atoms with Crippen LogP contribution >= 0.6 is 24.8 Å². The topological polar surface area (TPSA) is 165 Å². The lowest BCUT2D eigenvalue weighted by Crippen LogP contribution is -2.65. The number of primary amides is 1. The first-order valence-corrected chi connectivity index (χ1v) is 12.9. The van der Waals surface area contributed by atoms with Crippen LogP contribution in [0.4, 0.5) is 4.39 Å². The number of carbonyl (C=O) groups excluding carboxylic acids is 3. The van der Waals surface area contributed by atoms with E-state index in [0.717, 1.165) is 0 Å². The molecule has 1 saturated carbocycles. The van der Waals surface area contributed by atoms with E-state index >= 15 is 4.39 Å². The number of rotatable bonds is 5. The van der Waals surface area contributed by atoms with Crippen molar-refractivity contribution >= 4 is 48.0 Å². The maximum atomic E-state index is 16.0. The quantitative estimate of drug-likeness (QED) is 0.312. The Morgan fingerprint density at radius 1 is 1.17 bits per heavy atom. The van der Waals surface area contributed by atoms with Crippen molar-refractivity contribution in [3.8, 4) is 5.75 Å². The number of benzene rings is 1. The summed E-state index contributed by atoms with van der Waals surface area (Å²) in [4.78, 5) is 42.5. The molecule has 10 nitrogen and oxygen atoms in total. The second-order valence-electron chi connectivity index (χ2n) is 11.9. The van der Waals surface area contributed by atoms with E-state index in [-0.39, 0.29) is 72.0 Å². The minimum absolute atomic E-state index is 0. The van der Waals surface area contributed by atoms with Gasteiger partial charge in [0, 0.05) is 34.7 Å². The third-order valence-corrected chi connectivity index (χ3v) is 8.42. The van der Waals surface area contributed by atoms with Crippen LogP contribution in [0, 0.1) is 17.7 Å². The minimum atomic E-state index is -2.73. The number of nitrogens with zero attached hydrogens (tertiary/aromatic N) is 2. The van der Waals surface area contributed by atoms with Crippen LogP contribution in [-0.4, -0.2) is 85.5 Å². The molecule has 3 aliphatic carbocycles. The SMILES string of the molecule is CCN(Cc1cc(O)c2c(c1F)C[C@H]1C[C@H]3[C@H](N(C)C)C(=O)C(C(N)=O)=C(O)[C@@]3(O)C(=O)C1=C2O)C(C)(C)C.Cl.Cl. The first-order valence-electron chi connectivity index (χ1n) is 12.9. The highest BCUT2D eigenvalue weighted by molar-refractivity contribution is 6.24. The number of nitrogens with two attached hydrogens (primary N) is 1. The van der Waals surface area contributed by atoms with Crippen LogP contribution in [0.3, 0.4) is 0 Å². The molecule has 0 aliphatic heterocycles. The number of amides is 1. The summed E-state index contributed by atoms with van der Waals surface area (Å²) in [6, 6.07) is 0.0194. The third kappa shape index (κ3) is 5.12. The van der Waals surface area contributed by atoms with Crippen molar-refractivity contribution in [3.05, 3.63) is 45.5 Å². The van der Waals surface area contributed by atoms with Crippen molar-refractivity contribution < 1.29 is 39.2 Å². The van der Waals surface area contributed by atoms with Gasteiger partial charge in [-0.05, 0) is 66.2 Å². The predicted octanol–water partition coefficient (Wildman–Crippen LogP) is 2.57. The number of hydrogen-bond acceptors (Lipinski definition) is 9. The average Bonchev–Trinajstić information content (AvgIpc) is 2.81. The lowest BCUT2D eigenvalue weighted by Gasteiger charge is -2.50. The van der Waals surface area contributed by atoms with E-state index < -0.39 is 69.6 Å². The van der Waals surface area contributed by atoms with Crippen molar-refractivity contribution in [2.24, 2.45) is 17.6 Å². The summed E-state index contributed by atoms with van der Waals surface area (Å²) in [7, 11) is 3.04. The number of phenols is 1. The Balaban J connectivity index is 0.00000294. The number of Topliss-reactive ketones (excluding diaryl/α,β-unsaturated/α-hetero) is 2. The summed E-state index contributed by atoms with van der Waals surface area (Å²) >= 11 is 0. The second-order valence-corrected chi connectivity index (χ2v) is 11.9. The fourth-order valence-corrected chi connectivity index (χ4v) is 6.49. The molecule has 41 heavy (non-hydrogen) atoms. The van der Waals surface area contributed by atoms with Gasteiger partial charge in [-0.15, -0.1) is 24.8 Å². The Morgan fingerprint density at radius 3 is 2.24 bits per heavy atom. The summed E-state index contributed by atoms with van der Waals surface area (Å²) in [5, 5.41) is 44.6. The number of likely N-dealkylation sites (N-methyl/N-ethyl adjacent to an activating group) is 1. The monoisotopic (exact) mass is 617 g/mol. The highest BCUT2D eigenvalue weighted by atomic mass is 35.5. The maximum absolute atomic E-state index is 16.0. The number of fused-ring (bicyclic) bond motifs is 3. The molecule has 0 bridgehead atoms. The number of phenolic OH excluding ortho intramolecular Hbond substituents is 1. The van der Waals surface area contributed by atoms with Crippen molar-refractivity contribution in [2.75, 3.05) is 20.6 Å². The van der Waals surface area contributed by atoms with Gasteiger partial charge in [-0.25, -0.2) is 4.39 Å². The molecule has 1 aromatic rings. The van der Waals surface area contributed by atoms with E-state index in [4.69, 9.17) is 5.73 Å². The first kappa shape index (κ1) is 34.5. The van der Waals surface area contributed by atoms with E-state index in [1.54, 1.807) is 0 Å². The molecule has 1 fully saturated rings. The maximum Gasteiger partial charge on any atom is 0.255 e. The van der Waals surface area contributed by atoms with E-state index in [2.05, 4.69) is 0 Å². The van der Waals surface area contributed by atoms with Gasteiger partial charge >= 0.3 is 0 Å². The molecule has 1 amide bonds. The molecule has 3 aliphatic rings. The number of ketones is 2. The fraction of sp³-hybridized carbons (Fsp3) is 0.536. The second kappa shape index (κ2) is 11.5. The zero-order valence-corrected chi connectivity index (χ0v) is 25.5. The van der Waals surface area contributed by atoms with Crippen molar-refractivity contribution in [2.45, 2.75) is 64.3 Å². The van der Waals surface area contributed by atoms with Crippen LogP contribution in [0.15, 0.2) is 23.0 Å². The lowest BCUT2D eigenvalue weighted by atomic mass is 9.57. The van der Waals surface area contributed by atoms with Crippen LogP contribution in [0.2, 0.25) is 0 Å². The van der Waals surface area contributed by atoms with E-state index in [1.165, 1.54) is 25.1 Å². The van der Waals surface area contributed by atoms with Crippen molar-refractivity contribution in [3.63, 3.8) is 0 Å². The zero-order chi connectivity index (χ0) is 29.4. The Labute approximate surface area is 250 Å². The van der Waals surface area contributed by atoms with Gasteiger partial charge < -0.3 is 26.2 Å². The number of hydrogen-bond donors (Lipinski definition) is 5. The predicted molar refractivity (Wildman–Crippen MR) is 155 cm³/mol. The number of aromatic hydroxyl groups is 1. The lowest BCUT2D eigenvalue weighted by molar-refractivity contribution is -0.153. The van der Waals surface area contributed by atoms with Crippen LogP contribution < -0.4 is 5.73 Å². The Hall–Kier alpha value is -2.70. The Bertz CT molecular complexity index is 1350. The molecule has 4 atom stereocenters. The molecule has 0 aromatic heterocycles. The minimum Gasteiger partial charge on any atom is -0.508 e. The summed E-state index contributed by atoms with van der Waals surface area (Å²) in [5.41, 5.74) is 1.12. The largest absolute Gasteiger partial charge is 0.508 e. The van der Waals surface area contributed by atoms with E-state index in [1.807, 2.05) is 32.6 Å². The molecular formula is C28H38Cl2FN3O7. The van der Waals surface area contributed by atoms with Crippen LogP contribution in [0.25, 0.3) is 5.76 Å². The highest BCUT2D eigenvalue weighted by Crippen LogP contribution is 2.53. The molecule has 0 heterocycles. The summed E-state index contributed by atoms with van der Waals surface area (Å²) in [6.45, 7) is 8.73. The van der Waals surface area contributed by atoms with Gasteiger partial charge in [0.15, 0.2) is 11.4 Å². The molecule has 0 saturated heterocycles. The molecule has 6 N–H and O–H groups in total.